The van der Waals surface area contributed by atoms with Crippen molar-refractivity contribution in [1.82, 2.24) is 9.78 Å². The van der Waals surface area contributed by atoms with Crippen LogP contribution in [-0.2, 0) is 11.8 Å². The molecule has 0 fully saturated rings. The van der Waals surface area contributed by atoms with Crippen molar-refractivity contribution in [3.05, 3.63) is 11.4 Å². The first-order valence-electron chi connectivity index (χ1n) is 3.34. The minimum atomic E-state index is 0.361. The van der Waals surface area contributed by atoms with Gasteiger partial charge in [-0.05, 0) is 6.92 Å². The van der Waals surface area contributed by atoms with E-state index in [9.17, 15) is 4.79 Å². The second-order valence-electron chi connectivity index (χ2n) is 2.31. The van der Waals surface area contributed by atoms with Crippen LogP contribution in [0.1, 0.15) is 11.4 Å². The van der Waals surface area contributed by atoms with Gasteiger partial charge in [0, 0.05) is 7.05 Å². The Labute approximate surface area is 69.6 Å². The molecule has 0 radical (unpaired) electrons. The van der Waals surface area contributed by atoms with Crippen molar-refractivity contribution in [3.8, 4) is 6.07 Å². The predicted octanol–water partition coefficient (Wildman–Crippen LogP) is 0.168. The number of nitrogens with zero attached hydrogens (tertiary/aromatic N) is 3. The van der Waals surface area contributed by atoms with E-state index in [0.717, 1.165) is 0 Å². The summed E-state index contributed by atoms with van der Waals surface area (Å²) in [7, 11) is 1.65. The summed E-state index contributed by atoms with van der Waals surface area (Å²) >= 11 is 0. The lowest BCUT2D eigenvalue weighted by Gasteiger charge is -1.94. The number of hydrogen-bond acceptors (Lipinski definition) is 3. The fourth-order valence-electron chi connectivity index (χ4n) is 1.02. The average Bonchev–Trinajstić information content (AvgIpc) is 2.28. The molecule has 0 aliphatic carbocycles. The Kier molecular flexibility index (Phi) is 2.10. The van der Waals surface area contributed by atoms with Gasteiger partial charge in [0.05, 0.1) is 5.69 Å². The molecular formula is C7H8N4O. The SMILES string of the molecule is Cc1nn(C)c(C#N)c1NC=O. The second-order valence-corrected chi connectivity index (χ2v) is 2.31. The topological polar surface area (TPSA) is 70.7 Å². The Balaban J connectivity index is 3.24. The molecule has 62 valence electrons. The van der Waals surface area contributed by atoms with Gasteiger partial charge in [-0.15, -0.1) is 0 Å². The van der Waals surface area contributed by atoms with Gasteiger partial charge in [-0.25, -0.2) is 0 Å². The number of nitrogens with one attached hydrogen (secondary N) is 1. The van der Waals surface area contributed by atoms with Gasteiger partial charge < -0.3 is 5.32 Å². The molecule has 12 heavy (non-hydrogen) atoms. The lowest BCUT2D eigenvalue weighted by Crippen LogP contribution is -1.98. The van der Waals surface area contributed by atoms with Crippen molar-refractivity contribution in [3.63, 3.8) is 0 Å². The van der Waals surface area contributed by atoms with E-state index >= 15 is 0 Å². The van der Waals surface area contributed by atoms with Crippen LogP contribution in [0.15, 0.2) is 0 Å². The highest BCUT2D eigenvalue weighted by atomic mass is 16.1. The van der Waals surface area contributed by atoms with E-state index in [0.29, 0.717) is 23.5 Å². The maximum absolute atomic E-state index is 10.1. The Morgan fingerprint density at radius 3 is 2.92 bits per heavy atom. The van der Waals surface area contributed by atoms with Crippen LogP contribution in [0, 0.1) is 18.3 Å². The van der Waals surface area contributed by atoms with Gasteiger partial charge in [-0.3, -0.25) is 9.48 Å². The average molecular weight is 164 g/mol. The molecule has 0 aliphatic heterocycles. The quantitative estimate of drug-likeness (QED) is 0.633. The summed E-state index contributed by atoms with van der Waals surface area (Å²) in [6.07, 6.45) is 0.533. The number of carbonyl (C=O) groups is 1. The largest absolute Gasteiger partial charge is 0.325 e. The molecule has 0 aliphatic rings. The molecule has 0 unspecified atom stereocenters. The van der Waals surface area contributed by atoms with E-state index in [1.54, 1.807) is 14.0 Å². The van der Waals surface area contributed by atoms with Crippen molar-refractivity contribution in [2.24, 2.45) is 7.05 Å². The summed E-state index contributed by atoms with van der Waals surface area (Å²) in [4.78, 5) is 10.1. The Hall–Kier alpha value is -1.83. The molecule has 0 atom stereocenters. The number of aromatic nitrogens is 2. The number of aryl methyl sites for hydroxylation is 2. The fourth-order valence-corrected chi connectivity index (χ4v) is 1.02. The summed E-state index contributed by atoms with van der Waals surface area (Å²) in [6, 6.07) is 1.95. The fraction of sp³-hybridized carbons (Fsp3) is 0.286. The molecule has 0 spiro atoms. The van der Waals surface area contributed by atoms with Crippen LogP contribution in [0.5, 0.6) is 0 Å². The lowest BCUT2D eigenvalue weighted by molar-refractivity contribution is -0.105. The molecule has 5 nitrogen and oxygen atoms in total. The number of anilines is 1. The molecule has 1 N–H and O–H groups in total. The third-order valence-corrected chi connectivity index (χ3v) is 1.53. The molecular weight excluding hydrogens is 156 g/mol. The third-order valence-electron chi connectivity index (χ3n) is 1.53. The Morgan fingerprint density at radius 2 is 2.42 bits per heavy atom. The van der Waals surface area contributed by atoms with E-state index in [1.807, 2.05) is 6.07 Å². The first kappa shape index (κ1) is 8.27. The zero-order valence-corrected chi connectivity index (χ0v) is 6.83. The highest BCUT2D eigenvalue weighted by Gasteiger charge is 2.10. The van der Waals surface area contributed by atoms with Crippen LogP contribution in [0.2, 0.25) is 0 Å². The maximum Gasteiger partial charge on any atom is 0.211 e. The van der Waals surface area contributed by atoms with E-state index in [4.69, 9.17) is 5.26 Å². The molecule has 1 aromatic heterocycles. The summed E-state index contributed by atoms with van der Waals surface area (Å²) in [5.41, 5.74) is 1.48. The minimum Gasteiger partial charge on any atom is -0.325 e. The van der Waals surface area contributed by atoms with Gasteiger partial charge in [0.1, 0.15) is 11.8 Å². The minimum absolute atomic E-state index is 0.361. The van der Waals surface area contributed by atoms with Crippen molar-refractivity contribution < 1.29 is 4.79 Å². The molecule has 0 aromatic carbocycles. The summed E-state index contributed by atoms with van der Waals surface area (Å²) < 4.78 is 1.43. The zero-order valence-electron chi connectivity index (χ0n) is 6.83. The molecule has 5 heteroatoms. The summed E-state index contributed by atoms with van der Waals surface area (Å²) in [5, 5.41) is 15.1. The van der Waals surface area contributed by atoms with Crippen LogP contribution < -0.4 is 5.32 Å². The van der Waals surface area contributed by atoms with E-state index in [1.165, 1.54) is 4.68 Å². The number of carbonyl (C=O) groups excluding carboxylic acids is 1. The van der Waals surface area contributed by atoms with E-state index in [2.05, 4.69) is 10.4 Å². The van der Waals surface area contributed by atoms with Gasteiger partial charge in [0.15, 0.2) is 5.69 Å². The highest BCUT2D eigenvalue weighted by molar-refractivity contribution is 5.75. The third kappa shape index (κ3) is 1.14. The monoisotopic (exact) mass is 164 g/mol. The number of nitriles is 1. The first-order valence-corrected chi connectivity index (χ1v) is 3.34. The van der Waals surface area contributed by atoms with Crippen LogP contribution in [0.3, 0.4) is 0 Å². The van der Waals surface area contributed by atoms with Gasteiger partial charge >= 0.3 is 0 Å². The normalized spacial score (nSPS) is 9.08. The van der Waals surface area contributed by atoms with Gasteiger partial charge in [0.2, 0.25) is 6.41 Å². The smallest absolute Gasteiger partial charge is 0.211 e. The van der Waals surface area contributed by atoms with Crippen molar-refractivity contribution in [2.75, 3.05) is 5.32 Å². The van der Waals surface area contributed by atoms with Crippen LogP contribution in [0.4, 0.5) is 5.69 Å². The maximum atomic E-state index is 10.1. The van der Waals surface area contributed by atoms with Crippen molar-refractivity contribution in [1.29, 1.82) is 5.26 Å². The first-order chi connectivity index (χ1) is 5.70. The van der Waals surface area contributed by atoms with Gasteiger partial charge in [-0.2, -0.15) is 10.4 Å². The molecule has 0 saturated carbocycles. The van der Waals surface area contributed by atoms with E-state index < -0.39 is 0 Å². The Bertz CT molecular complexity index is 347. The molecule has 1 heterocycles. The van der Waals surface area contributed by atoms with Crippen LogP contribution >= 0.6 is 0 Å². The molecule has 1 rings (SSSR count). The van der Waals surface area contributed by atoms with Crippen molar-refractivity contribution >= 4 is 12.1 Å². The molecule has 1 amide bonds. The number of amides is 1. The zero-order chi connectivity index (χ0) is 9.14. The van der Waals surface area contributed by atoms with Crippen LogP contribution in [0.25, 0.3) is 0 Å². The van der Waals surface area contributed by atoms with E-state index in [-0.39, 0.29) is 0 Å². The Morgan fingerprint density at radius 1 is 1.75 bits per heavy atom. The highest BCUT2D eigenvalue weighted by Crippen LogP contribution is 2.17. The van der Waals surface area contributed by atoms with Crippen LogP contribution in [-0.4, -0.2) is 16.2 Å². The molecule has 1 aromatic rings. The standard InChI is InChI=1S/C7H8N4O/c1-5-7(9-4-12)6(3-8)11(2)10-5/h4H,1-2H3,(H,9,12). The molecule has 0 saturated heterocycles. The molecule has 0 bridgehead atoms. The number of rotatable bonds is 2. The van der Waals surface area contributed by atoms with Gasteiger partial charge in [-0.1, -0.05) is 0 Å². The van der Waals surface area contributed by atoms with Gasteiger partial charge in [0.25, 0.3) is 0 Å². The second kappa shape index (κ2) is 3.05. The lowest BCUT2D eigenvalue weighted by atomic mass is 10.3. The number of hydrogen-bond donors (Lipinski definition) is 1. The summed E-state index contributed by atoms with van der Waals surface area (Å²) in [5.74, 6) is 0. The predicted molar refractivity (Wildman–Crippen MR) is 42.3 cm³/mol. The summed E-state index contributed by atoms with van der Waals surface area (Å²) in [6.45, 7) is 1.73. The van der Waals surface area contributed by atoms with Crippen molar-refractivity contribution in [2.45, 2.75) is 6.92 Å².